The molecule has 2 nitrogen and oxygen atoms in total. The Labute approximate surface area is 104 Å². The maximum absolute atomic E-state index is 3.21. The van der Waals surface area contributed by atoms with Gasteiger partial charge in [0.2, 0.25) is 0 Å². The number of nitrogens with zero attached hydrogens (tertiary/aromatic N) is 1. The number of rotatable bonds is 7. The number of hydrogen-bond donors (Lipinski definition) is 1. The molecular weight excluding hydrogens is 216 g/mol. The molecule has 1 rings (SSSR count). The first-order chi connectivity index (χ1) is 7.67. The largest absolute Gasteiger partial charge is 0.315 e. The van der Waals surface area contributed by atoms with Gasteiger partial charge in [-0.15, -0.1) is 11.3 Å². The molecule has 0 unspecified atom stereocenters. The quantitative estimate of drug-likeness (QED) is 0.788. The number of unbranched alkanes of at least 4 members (excludes halogenated alkanes) is 1. The second-order valence-corrected chi connectivity index (χ2v) is 5.76. The predicted octanol–water partition coefficient (Wildman–Crippen LogP) is 3.01. The molecule has 0 aliphatic rings. The summed E-state index contributed by atoms with van der Waals surface area (Å²) in [4.78, 5) is 5.33. The van der Waals surface area contributed by atoms with Crippen molar-refractivity contribution < 1.29 is 0 Å². The van der Waals surface area contributed by atoms with Gasteiger partial charge >= 0.3 is 0 Å². The van der Waals surface area contributed by atoms with Gasteiger partial charge in [0, 0.05) is 22.8 Å². The molecule has 0 aliphatic heterocycles. The smallest absolute Gasteiger partial charge is 0.0296 e. The molecule has 3 heteroatoms. The van der Waals surface area contributed by atoms with Crippen molar-refractivity contribution in [1.29, 1.82) is 0 Å². The van der Waals surface area contributed by atoms with E-state index in [9.17, 15) is 0 Å². The van der Waals surface area contributed by atoms with E-state index in [-0.39, 0.29) is 0 Å². The molecule has 0 saturated heterocycles. The predicted molar refractivity (Wildman–Crippen MR) is 73.1 cm³/mol. The average molecular weight is 240 g/mol. The zero-order valence-corrected chi connectivity index (χ0v) is 11.8. The third-order valence-corrected chi connectivity index (χ3v) is 3.85. The van der Waals surface area contributed by atoms with E-state index in [0.717, 1.165) is 13.1 Å². The lowest BCUT2D eigenvalue weighted by molar-refractivity contribution is 0.320. The van der Waals surface area contributed by atoms with Crippen LogP contribution in [-0.2, 0) is 13.1 Å². The van der Waals surface area contributed by atoms with E-state index in [1.165, 1.54) is 34.7 Å². The van der Waals surface area contributed by atoms with Gasteiger partial charge in [0.05, 0.1) is 0 Å². The van der Waals surface area contributed by atoms with Crippen LogP contribution in [0.5, 0.6) is 0 Å². The first kappa shape index (κ1) is 13.7. The highest BCUT2D eigenvalue weighted by Gasteiger charge is 2.07. The van der Waals surface area contributed by atoms with Crippen LogP contribution in [-0.4, -0.2) is 25.5 Å². The molecule has 0 aliphatic carbocycles. The zero-order chi connectivity index (χ0) is 12.0. The Balaban J connectivity index is 2.52. The Morgan fingerprint density at radius 1 is 1.44 bits per heavy atom. The van der Waals surface area contributed by atoms with Gasteiger partial charge in [0.15, 0.2) is 0 Å². The summed E-state index contributed by atoms with van der Waals surface area (Å²) >= 11 is 1.92. The summed E-state index contributed by atoms with van der Waals surface area (Å²) in [5.74, 6) is 0. The number of aryl methyl sites for hydroxylation is 1. The van der Waals surface area contributed by atoms with E-state index in [1.54, 1.807) is 0 Å². The summed E-state index contributed by atoms with van der Waals surface area (Å²) < 4.78 is 0. The molecule has 1 aromatic heterocycles. The van der Waals surface area contributed by atoms with E-state index in [0.29, 0.717) is 0 Å². The minimum absolute atomic E-state index is 0.990. The van der Waals surface area contributed by atoms with Crippen LogP contribution in [0.4, 0.5) is 0 Å². The van der Waals surface area contributed by atoms with Gasteiger partial charge < -0.3 is 10.2 Å². The normalized spacial score (nSPS) is 11.3. The highest BCUT2D eigenvalue weighted by atomic mass is 32.1. The van der Waals surface area contributed by atoms with Crippen molar-refractivity contribution in [3.05, 3.63) is 21.4 Å². The molecule has 1 N–H and O–H groups in total. The Morgan fingerprint density at radius 2 is 2.19 bits per heavy atom. The first-order valence-electron chi connectivity index (χ1n) is 6.08. The number of hydrogen-bond acceptors (Lipinski definition) is 3. The van der Waals surface area contributed by atoms with Crippen LogP contribution >= 0.6 is 11.3 Å². The maximum atomic E-state index is 3.21. The van der Waals surface area contributed by atoms with E-state index < -0.39 is 0 Å². The SMILES string of the molecule is CCCCN(C)Cc1cc(CNC)sc1C. The lowest BCUT2D eigenvalue weighted by atomic mass is 10.2. The zero-order valence-electron chi connectivity index (χ0n) is 11.0. The van der Waals surface area contributed by atoms with Crippen molar-refractivity contribution in [1.82, 2.24) is 10.2 Å². The molecule has 16 heavy (non-hydrogen) atoms. The summed E-state index contributed by atoms with van der Waals surface area (Å²) in [5, 5.41) is 3.21. The molecule has 0 aromatic carbocycles. The Kier molecular flexibility index (Phi) is 6.03. The highest BCUT2D eigenvalue weighted by Crippen LogP contribution is 2.22. The van der Waals surface area contributed by atoms with E-state index in [2.05, 4.69) is 37.2 Å². The van der Waals surface area contributed by atoms with E-state index >= 15 is 0 Å². The van der Waals surface area contributed by atoms with Gasteiger partial charge in [-0.1, -0.05) is 13.3 Å². The lowest BCUT2D eigenvalue weighted by Crippen LogP contribution is -2.18. The fourth-order valence-corrected chi connectivity index (χ4v) is 2.87. The van der Waals surface area contributed by atoms with Crippen molar-refractivity contribution in [3.8, 4) is 0 Å². The Morgan fingerprint density at radius 3 is 2.81 bits per heavy atom. The minimum atomic E-state index is 0.990. The van der Waals surface area contributed by atoms with Crippen LogP contribution in [0.15, 0.2) is 6.07 Å². The fourth-order valence-electron chi connectivity index (χ4n) is 1.80. The van der Waals surface area contributed by atoms with E-state index in [4.69, 9.17) is 0 Å². The molecule has 0 atom stereocenters. The number of nitrogens with one attached hydrogen (secondary N) is 1. The van der Waals surface area contributed by atoms with E-state index in [1.807, 2.05) is 18.4 Å². The van der Waals surface area contributed by atoms with Crippen molar-refractivity contribution in [2.75, 3.05) is 20.6 Å². The summed E-state index contributed by atoms with van der Waals surface area (Å²) in [7, 11) is 4.21. The van der Waals surface area contributed by atoms with Gasteiger partial charge in [0.1, 0.15) is 0 Å². The summed E-state index contributed by atoms with van der Waals surface area (Å²) in [6.07, 6.45) is 2.57. The monoisotopic (exact) mass is 240 g/mol. The number of thiophene rings is 1. The first-order valence-corrected chi connectivity index (χ1v) is 6.90. The van der Waals surface area contributed by atoms with Crippen molar-refractivity contribution in [2.24, 2.45) is 0 Å². The third kappa shape index (κ3) is 4.24. The molecule has 0 amide bonds. The summed E-state index contributed by atoms with van der Waals surface area (Å²) in [5.41, 5.74) is 1.49. The topological polar surface area (TPSA) is 15.3 Å². The highest BCUT2D eigenvalue weighted by molar-refractivity contribution is 7.12. The summed E-state index contributed by atoms with van der Waals surface area (Å²) in [6.45, 7) is 7.75. The third-order valence-electron chi connectivity index (χ3n) is 2.76. The molecule has 0 spiro atoms. The van der Waals surface area contributed by atoms with Crippen LogP contribution < -0.4 is 5.32 Å². The van der Waals surface area contributed by atoms with Gasteiger partial charge in [-0.3, -0.25) is 0 Å². The van der Waals surface area contributed by atoms with Crippen molar-refractivity contribution in [3.63, 3.8) is 0 Å². The van der Waals surface area contributed by atoms with Gasteiger partial charge in [-0.2, -0.15) is 0 Å². The second-order valence-electron chi connectivity index (χ2n) is 4.42. The molecule has 0 bridgehead atoms. The summed E-state index contributed by atoms with van der Waals surface area (Å²) in [6, 6.07) is 2.35. The van der Waals surface area contributed by atoms with Crippen LogP contribution in [0.2, 0.25) is 0 Å². The van der Waals surface area contributed by atoms with Gasteiger partial charge in [-0.05, 0) is 45.6 Å². The average Bonchev–Trinajstić information content (AvgIpc) is 2.57. The van der Waals surface area contributed by atoms with Crippen LogP contribution in [0.3, 0.4) is 0 Å². The van der Waals surface area contributed by atoms with Crippen LogP contribution in [0, 0.1) is 6.92 Å². The molecule has 0 radical (unpaired) electrons. The molecule has 0 fully saturated rings. The second kappa shape index (κ2) is 7.05. The maximum Gasteiger partial charge on any atom is 0.0296 e. The lowest BCUT2D eigenvalue weighted by Gasteiger charge is -2.15. The van der Waals surface area contributed by atoms with Crippen molar-refractivity contribution >= 4 is 11.3 Å². The fraction of sp³-hybridized carbons (Fsp3) is 0.692. The van der Waals surface area contributed by atoms with Crippen molar-refractivity contribution in [2.45, 2.75) is 39.8 Å². The minimum Gasteiger partial charge on any atom is -0.315 e. The molecule has 1 heterocycles. The van der Waals surface area contributed by atoms with Gasteiger partial charge in [-0.25, -0.2) is 0 Å². The molecule has 1 aromatic rings. The molecule has 0 saturated carbocycles. The standard InChI is InChI=1S/C13H24N2S/c1-5-6-7-15(4)10-12-8-13(9-14-3)16-11(12)2/h8,14H,5-7,9-10H2,1-4H3. The van der Waals surface area contributed by atoms with Crippen LogP contribution in [0.1, 0.15) is 35.1 Å². The molecular formula is C13H24N2S. The Bertz CT molecular complexity index is 307. The van der Waals surface area contributed by atoms with Gasteiger partial charge in [0.25, 0.3) is 0 Å². The Hall–Kier alpha value is -0.380. The van der Waals surface area contributed by atoms with Crippen LogP contribution in [0.25, 0.3) is 0 Å². The molecule has 92 valence electrons.